The van der Waals surface area contributed by atoms with Crippen LogP contribution in [-0.4, -0.2) is 16.7 Å². The lowest BCUT2D eigenvalue weighted by Crippen LogP contribution is -2.42. The summed E-state index contributed by atoms with van der Waals surface area (Å²) >= 11 is 0. The van der Waals surface area contributed by atoms with Crippen molar-refractivity contribution in [2.24, 2.45) is 0 Å². The highest BCUT2D eigenvalue weighted by Crippen LogP contribution is 2.13. The van der Waals surface area contributed by atoms with Gasteiger partial charge in [-0.1, -0.05) is 12.1 Å². The largest absolute Gasteiger partial charge is 0.413 e. The number of benzene rings is 1. The minimum atomic E-state index is -0.498. The smallest absolute Gasteiger partial charge is 0.410 e. The fourth-order valence-corrected chi connectivity index (χ4v) is 1.15. The van der Waals surface area contributed by atoms with Crippen LogP contribution in [0.1, 0.15) is 26.3 Å². The summed E-state index contributed by atoms with van der Waals surface area (Å²) < 4.78 is 5.07. The van der Waals surface area contributed by atoms with E-state index in [4.69, 9.17) is 9.84 Å². The molecule has 1 aromatic rings. The molecule has 1 rings (SSSR count). The summed E-state index contributed by atoms with van der Waals surface area (Å²) in [7, 11) is 0. The van der Waals surface area contributed by atoms with Gasteiger partial charge in [0.25, 0.3) is 0 Å². The number of amides is 1. The van der Waals surface area contributed by atoms with Gasteiger partial charge in [-0.25, -0.2) is 4.79 Å². The molecule has 0 aromatic heterocycles. The quantitative estimate of drug-likeness (QED) is 0.806. The number of rotatable bonds is 2. The van der Waals surface area contributed by atoms with E-state index in [1.54, 1.807) is 24.3 Å². The fraction of sp³-hybridized carbons (Fsp3) is 0.417. The molecule has 88 valence electrons. The van der Waals surface area contributed by atoms with Crippen LogP contribution in [-0.2, 0) is 6.61 Å². The van der Waals surface area contributed by atoms with Gasteiger partial charge in [-0.15, -0.1) is 0 Å². The summed E-state index contributed by atoms with van der Waals surface area (Å²) in [5.41, 5.74) is 0.382. The number of aliphatic hydroxyl groups is 1. The number of hydrogen-bond donors (Lipinski definition) is 2. The zero-order valence-corrected chi connectivity index (χ0v) is 9.78. The summed E-state index contributed by atoms with van der Waals surface area (Å²) in [6.07, 6.45) is -0.498. The molecule has 16 heavy (non-hydrogen) atoms. The first-order valence-corrected chi connectivity index (χ1v) is 5.10. The van der Waals surface area contributed by atoms with Crippen molar-refractivity contribution in [1.82, 2.24) is 5.32 Å². The van der Waals surface area contributed by atoms with Crippen LogP contribution in [0.3, 0.4) is 0 Å². The Morgan fingerprint density at radius 1 is 1.44 bits per heavy atom. The van der Waals surface area contributed by atoms with Gasteiger partial charge in [0.05, 0.1) is 6.61 Å². The van der Waals surface area contributed by atoms with Crippen molar-refractivity contribution in [2.75, 3.05) is 0 Å². The van der Waals surface area contributed by atoms with Gasteiger partial charge < -0.3 is 15.2 Å². The van der Waals surface area contributed by atoms with Crippen molar-refractivity contribution < 1.29 is 14.6 Å². The van der Waals surface area contributed by atoms with Gasteiger partial charge in [-0.2, -0.15) is 0 Å². The van der Waals surface area contributed by atoms with Crippen LogP contribution in [0.15, 0.2) is 24.3 Å². The molecule has 0 aliphatic carbocycles. The van der Waals surface area contributed by atoms with Crippen LogP contribution < -0.4 is 10.1 Å². The van der Waals surface area contributed by atoms with Crippen molar-refractivity contribution >= 4 is 6.09 Å². The lowest BCUT2D eigenvalue weighted by atomic mass is 10.1. The molecule has 0 spiro atoms. The second-order valence-corrected chi connectivity index (χ2v) is 4.57. The fourth-order valence-electron chi connectivity index (χ4n) is 1.15. The Kier molecular flexibility index (Phi) is 3.90. The molecule has 0 unspecified atom stereocenters. The summed E-state index contributed by atoms with van der Waals surface area (Å²) in [5.74, 6) is 0.424. The molecule has 0 saturated heterocycles. The molecule has 0 saturated carbocycles. The monoisotopic (exact) mass is 223 g/mol. The van der Waals surface area contributed by atoms with Gasteiger partial charge in [0.1, 0.15) is 5.75 Å². The van der Waals surface area contributed by atoms with E-state index in [0.29, 0.717) is 11.3 Å². The van der Waals surface area contributed by atoms with Gasteiger partial charge in [0, 0.05) is 5.54 Å². The first kappa shape index (κ1) is 12.5. The minimum absolute atomic E-state index is 0.0713. The Morgan fingerprint density at radius 2 is 2.12 bits per heavy atom. The van der Waals surface area contributed by atoms with Gasteiger partial charge in [0.2, 0.25) is 0 Å². The maximum atomic E-state index is 11.4. The summed E-state index contributed by atoms with van der Waals surface area (Å²) in [5, 5.41) is 11.6. The highest BCUT2D eigenvalue weighted by molar-refractivity contribution is 5.71. The van der Waals surface area contributed by atoms with E-state index in [0.717, 1.165) is 0 Å². The van der Waals surface area contributed by atoms with E-state index in [1.165, 1.54) is 0 Å². The maximum absolute atomic E-state index is 11.4. The lowest BCUT2D eigenvalue weighted by Gasteiger charge is -2.19. The topological polar surface area (TPSA) is 58.6 Å². The van der Waals surface area contributed by atoms with Crippen molar-refractivity contribution in [3.05, 3.63) is 29.8 Å². The van der Waals surface area contributed by atoms with Crippen LogP contribution in [0.4, 0.5) is 4.79 Å². The Hall–Kier alpha value is -1.55. The lowest BCUT2D eigenvalue weighted by molar-refractivity contribution is 0.190. The average molecular weight is 223 g/mol. The van der Waals surface area contributed by atoms with Gasteiger partial charge in [-0.3, -0.25) is 0 Å². The van der Waals surface area contributed by atoms with Crippen LogP contribution in [0.25, 0.3) is 0 Å². The van der Waals surface area contributed by atoms with Crippen molar-refractivity contribution in [2.45, 2.75) is 32.9 Å². The van der Waals surface area contributed by atoms with E-state index in [1.807, 2.05) is 20.8 Å². The molecular formula is C12H17NO3. The molecule has 0 atom stereocenters. The Bertz CT molecular complexity index is 369. The SMILES string of the molecule is CC(C)(C)NC(=O)Oc1cccc(CO)c1. The number of carbonyl (C=O) groups excluding carboxylic acids is 1. The maximum Gasteiger partial charge on any atom is 0.413 e. The molecule has 0 bridgehead atoms. The third-order valence-electron chi connectivity index (χ3n) is 1.77. The third-order valence-corrected chi connectivity index (χ3v) is 1.77. The average Bonchev–Trinajstić information content (AvgIpc) is 2.15. The van der Waals surface area contributed by atoms with E-state index in [2.05, 4.69) is 5.32 Å². The van der Waals surface area contributed by atoms with Crippen LogP contribution in [0, 0.1) is 0 Å². The van der Waals surface area contributed by atoms with Gasteiger partial charge in [-0.05, 0) is 38.5 Å². The summed E-state index contributed by atoms with van der Waals surface area (Å²) in [4.78, 5) is 11.4. The van der Waals surface area contributed by atoms with Crippen LogP contribution in [0.5, 0.6) is 5.75 Å². The van der Waals surface area contributed by atoms with E-state index in [-0.39, 0.29) is 12.1 Å². The number of nitrogens with one attached hydrogen (secondary N) is 1. The molecule has 0 aliphatic rings. The third kappa shape index (κ3) is 4.31. The van der Waals surface area contributed by atoms with Gasteiger partial charge >= 0.3 is 6.09 Å². The first-order valence-electron chi connectivity index (χ1n) is 5.10. The zero-order valence-electron chi connectivity index (χ0n) is 9.78. The molecule has 1 amide bonds. The Balaban J connectivity index is 2.62. The van der Waals surface area contributed by atoms with Crippen molar-refractivity contribution in [3.8, 4) is 5.75 Å². The Labute approximate surface area is 95.2 Å². The molecule has 4 heteroatoms. The molecule has 0 fully saturated rings. The van der Waals surface area contributed by atoms with E-state index in [9.17, 15) is 4.79 Å². The second kappa shape index (κ2) is 4.99. The highest BCUT2D eigenvalue weighted by Gasteiger charge is 2.15. The first-order chi connectivity index (χ1) is 7.40. The summed E-state index contributed by atoms with van der Waals surface area (Å²) in [6, 6.07) is 6.78. The number of aliphatic hydroxyl groups excluding tert-OH is 1. The van der Waals surface area contributed by atoms with E-state index < -0.39 is 6.09 Å². The molecule has 0 aliphatic heterocycles. The standard InChI is InChI=1S/C12H17NO3/c1-12(2,3)13-11(15)16-10-6-4-5-9(7-10)8-14/h4-7,14H,8H2,1-3H3,(H,13,15). The second-order valence-electron chi connectivity index (χ2n) is 4.57. The minimum Gasteiger partial charge on any atom is -0.410 e. The zero-order chi connectivity index (χ0) is 12.2. The highest BCUT2D eigenvalue weighted by atomic mass is 16.6. The molecule has 1 aromatic carbocycles. The van der Waals surface area contributed by atoms with Crippen LogP contribution in [0.2, 0.25) is 0 Å². The number of hydrogen-bond acceptors (Lipinski definition) is 3. The molecule has 0 heterocycles. The predicted molar refractivity (Wildman–Crippen MR) is 61.3 cm³/mol. The Morgan fingerprint density at radius 3 is 2.69 bits per heavy atom. The molecule has 0 radical (unpaired) electrons. The van der Waals surface area contributed by atoms with Crippen LogP contribution >= 0.6 is 0 Å². The molecule has 4 nitrogen and oxygen atoms in total. The van der Waals surface area contributed by atoms with Gasteiger partial charge in [0.15, 0.2) is 0 Å². The number of carbonyl (C=O) groups is 1. The normalized spacial score (nSPS) is 11.0. The molecular weight excluding hydrogens is 206 g/mol. The van der Waals surface area contributed by atoms with E-state index >= 15 is 0 Å². The number of ether oxygens (including phenoxy) is 1. The van der Waals surface area contributed by atoms with Crippen molar-refractivity contribution in [3.63, 3.8) is 0 Å². The summed E-state index contributed by atoms with van der Waals surface area (Å²) in [6.45, 7) is 5.55. The molecule has 2 N–H and O–H groups in total. The van der Waals surface area contributed by atoms with Crippen molar-refractivity contribution in [1.29, 1.82) is 0 Å². The predicted octanol–water partition coefficient (Wildman–Crippen LogP) is 2.07.